The van der Waals surface area contributed by atoms with Crippen LogP contribution in [0.3, 0.4) is 0 Å². The van der Waals surface area contributed by atoms with Gasteiger partial charge in [0.2, 0.25) is 5.91 Å². The van der Waals surface area contributed by atoms with Gasteiger partial charge in [-0.1, -0.05) is 0 Å². The monoisotopic (exact) mass is 340 g/mol. The Morgan fingerprint density at radius 1 is 1.40 bits per heavy atom. The summed E-state index contributed by atoms with van der Waals surface area (Å²) >= 11 is 3.13. The van der Waals surface area contributed by atoms with Gasteiger partial charge < -0.3 is 5.32 Å². The van der Waals surface area contributed by atoms with Crippen LogP contribution in [0, 0.1) is 5.82 Å². The third-order valence-electron chi connectivity index (χ3n) is 3.23. The minimum Gasteiger partial charge on any atom is -0.352 e. The number of anilines is 1. The number of carbonyl (C=O) groups is 3. The van der Waals surface area contributed by atoms with Crippen molar-refractivity contribution in [3.05, 3.63) is 28.0 Å². The fourth-order valence-electron chi connectivity index (χ4n) is 2.15. The third kappa shape index (κ3) is 2.22. The molecule has 1 heterocycles. The molecule has 0 aromatic heterocycles. The van der Waals surface area contributed by atoms with Crippen LogP contribution in [0.15, 0.2) is 16.6 Å². The number of hydrogen-bond acceptors (Lipinski definition) is 3. The molecule has 2 amide bonds. The highest BCUT2D eigenvalue weighted by atomic mass is 79.9. The lowest BCUT2D eigenvalue weighted by atomic mass is 10.1. The number of amides is 2. The van der Waals surface area contributed by atoms with Crippen LogP contribution < -0.4 is 10.2 Å². The fraction of sp³-hybridized carbons (Fsp3) is 0.308. The molecule has 1 aliphatic heterocycles. The predicted molar refractivity (Wildman–Crippen MR) is 71.9 cm³/mol. The first-order valence-corrected chi connectivity index (χ1v) is 6.91. The number of carbonyl (C=O) groups excluding carboxylic acids is 3. The highest BCUT2D eigenvalue weighted by molar-refractivity contribution is 9.10. The van der Waals surface area contributed by atoms with Crippen LogP contribution in [0.25, 0.3) is 0 Å². The highest BCUT2D eigenvalue weighted by Crippen LogP contribution is 2.36. The quantitative estimate of drug-likeness (QED) is 0.845. The molecule has 1 aliphatic carbocycles. The maximum atomic E-state index is 13.3. The second-order valence-corrected chi connectivity index (χ2v) is 5.70. The van der Waals surface area contributed by atoms with Crippen LogP contribution >= 0.6 is 15.9 Å². The van der Waals surface area contributed by atoms with Crippen molar-refractivity contribution in [1.82, 2.24) is 5.32 Å². The summed E-state index contributed by atoms with van der Waals surface area (Å²) in [5, 5.41) is 2.74. The van der Waals surface area contributed by atoms with Gasteiger partial charge in [-0.05, 0) is 40.9 Å². The van der Waals surface area contributed by atoms with E-state index in [1.54, 1.807) is 0 Å². The summed E-state index contributed by atoms with van der Waals surface area (Å²) in [6, 6.07) is 2.35. The average Bonchev–Trinajstić information content (AvgIpc) is 3.14. The summed E-state index contributed by atoms with van der Waals surface area (Å²) in [6.45, 7) is -0.238. The zero-order chi connectivity index (χ0) is 14.4. The summed E-state index contributed by atoms with van der Waals surface area (Å²) in [5.74, 6) is -2.53. The minimum atomic E-state index is -0.808. The average molecular weight is 341 g/mol. The van der Waals surface area contributed by atoms with Crippen molar-refractivity contribution in [2.45, 2.75) is 18.9 Å². The maximum absolute atomic E-state index is 13.3. The second-order valence-electron chi connectivity index (χ2n) is 4.85. The van der Waals surface area contributed by atoms with Crippen LogP contribution in [0.4, 0.5) is 10.1 Å². The zero-order valence-electron chi connectivity index (χ0n) is 10.3. The summed E-state index contributed by atoms with van der Waals surface area (Å²) < 4.78 is 13.6. The Labute approximate surface area is 122 Å². The minimum absolute atomic E-state index is 0.0129. The summed E-state index contributed by atoms with van der Waals surface area (Å²) in [4.78, 5) is 36.6. The molecule has 5 nitrogen and oxygen atoms in total. The Hall–Kier alpha value is -1.76. The summed E-state index contributed by atoms with van der Waals surface area (Å²) in [6.07, 6.45) is 1.87. The van der Waals surface area contributed by atoms with Crippen LogP contribution in [-0.2, 0) is 9.59 Å². The molecule has 7 heteroatoms. The SMILES string of the molecule is O=C(CN1C(=O)C(=O)c2cc(F)cc(Br)c21)NC1CC1. The molecular formula is C13H10BrFN2O3. The van der Waals surface area contributed by atoms with Gasteiger partial charge in [0.1, 0.15) is 12.4 Å². The van der Waals surface area contributed by atoms with Crippen molar-refractivity contribution in [2.75, 3.05) is 11.4 Å². The van der Waals surface area contributed by atoms with E-state index >= 15 is 0 Å². The summed E-state index contributed by atoms with van der Waals surface area (Å²) in [5.41, 5.74) is 0.244. The summed E-state index contributed by atoms with van der Waals surface area (Å²) in [7, 11) is 0. The molecule has 20 heavy (non-hydrogen) atoms. The molecule has 1 N–H and O–H groups in total. The van der Waals surface area contributed by atoms with Crippen molar-refractivity contribution in [3.63, 3.8) is 0 Å². The molecule has 1 saturated carbocycles. The lowest BCUT2D eigenvalue weighted by Crippen LogP contribution is -2.40. The molecule has 2 aliphatic rings. The molecule has 3 rings (SSSR count). The van der Waals surface area contributed by atoms with Gasteiger partial charge in [-0.25, -0.2) is 4.39 Å². The number of ketones is 1. The number of fused-ring (bicyclic) bond motifs is 1. The lowest BCUT2D eigenvalue weighted by Gasteiger charge is -2.17. The number of benzene rings is 1. The van der Waals surface area contributed by atoms with Crippen LogP contribution in [0.1, 0.15) is 23.2 Å². The van der Waals surface area contributed by atoms with Crippen LogP contribution in [-0.4, -0.2) is 30.2 Å². The van der Waals surface area contributed by atoms with Gasteiger partial charge in [-0.15, -0.1) is 0 Å². The van der Waals surface area contributed by atoms with E-state index in [-0.39, 0.29) is 34.2 Å². The molecule has 1 aromatic rings. The smallest absolute Gasteiger partial charge is 0.299 e. The lowest BCUT2D eigenvalue weighted by molar-refractivity contribution is -0.122. The van der Waals surface area contributed by atoms with Crippen molar-refractivity contribution < 1.29 is 18.8 Å². The van der Waals surface area contributed by atoms with Gasteiger partial charge in [-0.2, -0.15) is 0 Å². The third-order valence-corrected chi connectivity index (χ3v) is 3.83. The van der Waals surface area contributed by atoms with Gasteiger partial charge in [-0.3, -0.25) is 19.3 Å². The van der Waals surface area contributed by atoms with E-state index < -0.39 is 17.5 Å². The van der Waals surface area contributed by atoms with Gasteiger partial charge >= 0.3 is 0 Å². The zero-order valence-corrected chi connectivity index (χ0v) is 11.9. The van der Waals surface area contributed by atoms with E-state index in [4.69, 9.17) is 0 Å². The van der Waals surface area contributed by atoms with E-state index in [2.05, 4.69) is 21.2 Å². The molecule has 1 fully saturated rings. The van der Waals surface area contributed by atoms with Crippen molar-refractivity contribution >= 4 is 39.2 Å². The topological polar surface area (TPSA) is 66.5 Å². The predicted octanol–water partition coefficient (Wildman–Crippen LogP) is 1.40. The normalized spacial score (nSPS) is 17.4. The molecule has 0 radical (unpaired) electrons. The van der Waals surface area contributed by atoms with Gasteiger partial charge in [0.15, 0.2) is 0 Å². The molecular weight excluding hydrogens is 331 g/mol. The number of hydrogen-bond donors (Lipinski definition) is 1. The largest absolute Gasteiger partial charge is 0.352 e. The number of rotatable bonds is 3. The first-order chi connectivity index (χ1) is 9.47. The molecule has 0 atom stereocenters. The molecule has 0 bridgehead atoms. The van der Waals surface area contributed by atoms with E-state index in [1.165, 1.54) is 0 Å². The Kier molecular flexibility index (Phi) is 3.08. The van der Waals surface area contributed by atoms with Crippen molar-refractivity contribution in [2.24, 2.45) is 0 Å². The first-order valence-electron chi connectivity index (χ1n) is 6.12. The van der Waals surface area contributed by atoms with Crippen molar-refractivity contribution in [3.8, 4) is 0 Å². The molecule has 0 saturated heterocycles. The second kappa shape index (κ2) is 4.66. The Morgan fingerprint density at radius 2 is 2.10 bits per heavy atom. The van der Waals surface area contributed by atoms with E-state index in [1.807, 2.05) is 0 Å². The van der Waals surface area contributed by atoms with Crippen LogP contribution in [0.2, 0.25) is 0 Å². The van der Waals surface area contributed by atoms with Crippen molar-refractivity contribution in [1.29, 1.82) is 0 Å². The number of nitrogens with one attached hydrogen (secondary N) is 1. The van der Waals surface area contributed by atoms with Gasteiger partial charge in [0.05, 0.1) is 11.3 Å². The Morgan fingerprint density at radius 3 is 2.75 bits per heavy atom. The molecule has 1 aromatic carbocycles. The molecule has 104 valence electrons. The first kappa shape index (κ1) is 13.2. The number of nitrogens with zero attached hydrogens (tertiary/aromatic N) is 1. The fourth-order valence-corrected chi connectivity index (χ4v) is 2.79. The highest BCUT2D eigenvalue weighted by Gasteiger charge is 2.39. The Balaban J connectivity index is 1.91. The number of Topliss-reactive ketones (excluding diaryl/α,β-unsaturated/α-hetero) is 1. The van der Waals surface area contributed by atoms with Gasteiger partial charge in [0, 0.05) is 10.5 Å². The standard InChI is InChI=1S/C13H10BrFN2O3/c14-9-4-6(15)3-8-11(9)17(13(20)12(8)19)5-10(18)16-7-1-2-7/h3-4,7H,1-2,5H2,(H,16,18). The van der Waals surface area contributed by atoms with E-state index in [9.17, 15) is 18.8 Å². The van der Waals surface area contributed by atoms with E-state index in [0.29, 0.717) is 0 Å². The van der Waals surface area contributed by atoms with Gasteiger partial charge in [0.25, 0.3) is 11.7 Å². The van der Waals surface area contributed by atoms with E-state index in [0.717, 1.165) is 29.9 Å². The Bertz CT molecular complexity index is 643. The molecule has 0 unspecified atom stereocenters. The number of halogens is 2. The molecule has 0 spiro atoms. The van der Waals surface area contributed by atoms with Crippen LogP contribution in [0.5, 0.6) is 0 Å². The maximum Gasteiger partial charge on any atom is 0.299 e.